The number of nitrogens with two attached hydrogens (primary N) is 1. The summed E-state index contributed by atoms with van der Waals surface area (Å²) in [4.78, 5) is 11.4. The summed E-state index contributed by atoms with van der Waals surface area (Å²) >= 11 is 0. The summed E-state index contributed by atoms with van der Waals surface area (Å²) in [6.07, 6.45) is 6.74. The molecule has 19 heavy (non-hydrogen) atoms. The van der Waals surface area contributed by atoms with E-state index >= 15 is 0 Å². The van der Waals surface area contributed by atoms with E-state index < -0.39 is 0 Å². The zero-order chi connectivity index (χ0) is 13.7. The Morgan fingerprint density at radius 3 is 2.68 bits per heavy atom. The van der Waals surface area contributed by atoms with Gasteiger partial charge in [0.1, 0.15) is 0 Å². The molecule has 1 aliphatic rings. The Bertz CT molecular complexity index is 425. The van der Waals surface area contributed by atoms with Crippen molar-refractivity contribution in [3.8, 4) is 0 Å². The number of hydrogen-bond acceptors (Lipinski definition) is 2. The zero-order valence-corrected chi connectivity index (χ0v) is 11.7. The fourth-order valence-electron chi connectivity index (χ4n) is 2.99. The lowest BCUT2D eigenvalue weighted by Crippen LogP contribution is -2.34. The molecule has 3 nitrogen and oxygen atoms in total. The van der Waals surface area contributed by atoms with Gasteiger partial charge in [0.25, 0.3) is 0 Å². The first-order chi connectivity index (χ1) is 9.18. The van der Waals surface area contributed by atoms with E-state index in [9.17, 15) is 4.79 Å². The summed E-state index contributed by atoms with van der Waals surface area (Å²) < 4.78 is 0. The maximum atomic E-state index is 11.4. The van der Waals surface area contributed by atoms with Gasteiger partial charge in [-0.25, -0.2) is 0 Å². The first-order valence-corrected chi connectivity index (χ1v) is 7.29. The van der Waals surface area contributed by atoms with Gasteiger partial charge in [-0.3, -0.25) is 4.79 Å². The fraction of sp³-hybridized carbons (Fsp3) is 0.562. The van der Waals surface area contributed by atoms with Gasteiger partial charge >= 0.3 is 0 Å². The van der Waals surface area contributed by atoms with Crippen LogP contribution < -0.4 is 11.1 Å². The minimum absolute atomic E-state index is 0.345. The lowest BCUT2D eigenvalue weighted by molar-refractivity contribution is 0.0999. The first-order valence-electron chi connectivity index (χ1n) is 7.29. The summed E-state index contributed by atoms with van der Waals surface area (Å²) in [7, 11) is 0. The minimum atomic E-state index is -0.345. The molecule has 0 aromatic heterocycles. The van der Waals surface area contributed by atoms with Gasteiger partial charge in [0.15, 0.2) is 0 Å². The van der Waals surface area contributed by atoms with Crippen LogP contribution in [0.3, 0.4) is 0 Å². The van der Waals surface area contributed by atoms with Crippen LogP contribution >= 0.6 is 0 Å². The zero-order valence-electron chi connectivity index (χ0n) is 11.7. The molecule has 3 heteroatoms. The second kappa shape index (κ2) is 6.71. The van der Waals surface area contributed by atoms with Gasteiger partial charge in [0.05, 0.1) is 0 Å². The van der Waals surface area contributed by atoms with Crippen molar-refractivity contribution in [1.82, 2.24) is 5.32 Å². The molecule has 0 spiro atoms. The largest absolute Gasteiger partial charge is 0.366 e. The smallest absolute Gasteiger partial charge is 0.249 e. The Morgan fingerprint density at radius 1 is 1.32 bits per heavy atom. The summed E-state index contributed by atoms with van der Waals surface area (Å²) in [6, 6.07) is 8.08. The predicted molar refractivity (Wildman–Crippen MR) is 77.8 cm³/mol. The maximum absolute atomic E-state index is 11.4. The van der Waals surface area contributed by atoms with Crippen LogP contribution in [0.2, 0.25) is 0 Å². The molecule has 1 saturated carbocycles. The third kappa shape index (κ3) is 3.80. The number of rotatable bonds is 5. The van der Waals surface area contributed by atoms with Gasteiger partial charge in [0.2, 0.25) is 5.91 Å². The third-order valence-corrected chi connectivity index (χ3v) is 4.25. The number of hydrogen-bond donors (Lipinski definition) is 2. The summed E-state index contributed by atoms with van der Waals surface area (Å²) in [5.74, 6) is 0.428. The molecule has 3 N–H and O–H groups in total. The fourth-order valence-corrected chi connectivity index (χ4v) is 2.99. The Hall–Kier alpha value is -1.35. The summed E-state index contributed by atoms with van der Waals surface area (Å²) in [5, 5.41) is 3.56. The highest BCUT2D eigenvalue weighted by molar-refractivity contribution is 5.94. The third-order valence-electron chi connectivity index (χ3n) is 4.25. The van der Waals surface area contributed by atoms with Gasteiger partial charge in [-0.05, 0) is 37.3 Å². The van der Waals surface area contributed by atoms with Crippen molar-refractivity contribution in [2.45, 2.75) is 51.6 Å². The second-order valence-corrected chi connectivity index (χ2v) is 5.59. The van der Waals surface area contributed by atoms with Crippen molar-refractivity contribution in [3.05, 3.63) is 35.4 Å². The predicted octanol–water partition coefficient (Wildman–Crippen LogP) is 2.84. The van der Waals surface area contributed by atoms with Crippen LogP contribution in [0.25, 0.3) is 0 Å². The summed E-state index contributed by atoms with van der Waals surface area (Å²) in [6.45, 7) is 2.97. The standard InChI is InChI=1S/C16H24N2O/c1-12(13-7-3-2-4-8-13)18-11-14-9-5-6-10-15(14)16(17)19/h5-6,9-10,12-13,18H,2-4,7-8,11H2,1H3,(H2,17,19)/t12-/m0/s1. The molecule has 0 heterocycles. The second-order valence-electron chi connectivity index (χ2n) is 5.59. The van der Waals surface area contributed by atoms with Crippen LogP contribution in [-0.2, 0) is 6.54 Å². The van der Waals surface area contributed by atoms with Crippen molar-refractivity contribution >= 4 is 5.91 Å². The number of amides is 1. The number of carbonyl (C=O) groups is 1. The van der Waals surface area contributed by atoms with Gasteiger partial charge in [-0.2, -0.15) is 0 Å². The molecule has 1 aliphatic carbocycles. The van der Waals surface area contributed by atoms with E-state index in [2.05, 4.69) is 12.2 Å². The lowest BCUT2D eigenvalue weighted by Gasteiger charge is -2.28. The normalized spacial score (nSPS) is 18.2. The molecule has 0 saturated heterocycles. The monoisotopic (exact) mass is 260 g/mol. The highest BCUT2D eigenvalue weighted by atomic mass is 16.1. The molecule has 0 unspecified atom stereocenters. The molecule has 0 bridgehead atoms. The van der Waals surface area contributed by atoms with Crippen LogP contribution in [0, 0.1) is 5.92 Å². The number of carbonyl (C=O) groups excluding carboxylic acids is 1. The Balaban J connectivity index is 1.92. The van der Waals surface area contributed by atoms with Crippen molar-refractivity contribution in [3.63, 3.8) is 0 Å². The van der Waals surface area contributed by atoms with Crippen molar-refractivity contribution < 1.29 is 4.79 Å². The highest BCUT2D eigenvalue weighted by Gasteiger charge is 2.19. The molecular formula is C16H24N2O. The molecule has 1 amide bonds. The molecule has 1 fully saturated rings. The molecule has 1 aromatic rings. The van der Waals surface area contributed by atoms with E-state index in [1.54, 1.807) is 6.07 Å². The Kier molecular flexibility index (Phi) is 4.97. The average molecular weight is 260 g/mol. The number of nitrogens with one attached hydrogen (secondary N) is 1. The lowest BCUT2D eigenvalue weighted by atomic mass is 9.84. The quantitative estimate of drug-likeness (QED) is 0.855. The van der Waals surface area contributed by atoms with Gasteiger partial charge in [0, 0.05) is 18.2 Å². The van der Waals surface area contributed by atoms with E-state index in [1.165, 1.54) is 32.1 Å². The Morgan fingerprint density at radius 2 is 2.00 bits per heavy atom. The molecule has 1 atom stereocenters. The molecule has 0 aliphatic heterocycles. The molecular weight excluding hydrogens is 236 g/mol. The van der Waals surface area contributed by atoms with Crippen LogP contribution in [-0.4, -0.2) is 11.9 Å². The van der Waals surface area contributed by atoms with Crippen molar-refractivity contribution in [1.29, 1.82) is 0 Å². The van der Waals surface area contributed by atoms with Gasteiger partial charge in [-0.15, -0.1) is 0 Å². The summed E-state index contributed by atoms with van der Waals surface area (Å²) in [5.41, 5.74) is 7.03. The van der Waals surface area contributed by atoms with Gasteiger partial charge in [-0.1, -0.05) is 37.5 Å². The molecule has 2 rings (SSSR count). The van der Waals surface area contributed by atoms with E-state index in [-0.39, 0.29) is 5.91 Å². The number of benzene rings is 1. The van der Waals surface area contributed by atoms with Gasteiger partial charge < -0.3 is 11.1 Å². The van der Waals surface area contributed by atoms with E-state index in [4.69, 9.17) is 5.73 Å². The van der Waals surface area contributed by atoms with Crippen molar-refractivity contribution in [2.75, 3.05) is 0 Å². The van der Waals surface area contributed by atoms with E-state index in [0.717, 1.165) is 18.0 Å². The Labute approximate surface area is 115 Å². The first kappa shape index (κ1) is 14.1. The molecule has 0 radical (unpaired) electrons. The van der Waals surface area contributed by atoms with Crippen LogP contribution in [0.4, 0.5) is 0 Å². The highest BCUT2D eigenvalue weighted by Crippen LogP contribution is 2.26. The SMILES string of the molecule is C[C@H](NCc1ccccc1C(N)=O)C1CCCCC1. The van der Waals surface area contributed by atoms with Crippen LogP contribution in [0.15, 0.2) is 24.3 Å². The van der Waals surface area contributed by atoms with Crippen molar-refractivity contribution in [2.24, 2.45) is 11.7 Å². The molecule has 104 valence electrons. The van der Waals surface area contributed by atoms with Crippen LogP contribution in [0.5, 0.6) is 0 Å². The van der Waals surface area contributed by atoms with E-state index in [0.29, 0.717) is 11.6 Å². The average Bonchev–Trinajstić information content (AvgIpc) is 2.46. The maximum Gasteiger partial charge on any atom is 0.249 e. The molecule has 1 aromatic carbocycles. The minimum Gasteiger partial charge on any atom is -0.366 e. The topological polar surface area (TPSA) is 55.1 Å². The number of primary amides is 1. The van der Waals surface area contributed by atoms with Crippen LogP contribution in [0.1, 0.15) is 54.9 Å². The van der Waals surface area contributed by atoms with E-state index in [1.807, 2.05) is 18.2 Å².